The molecule has 0 aliphatic rings. The van der Waals surface area contributed by atoms with E-state index in [1.54, 1.807) is 13.0 Å². The second-order valence-corrected chi connectivity index (χ2v) is 3.45. The molecule has 0 radical (unpaired) electrons. The van der Waals surface area contributed by atoms with Gasteiger partial charge in [-0.3, -0.25) is 0 Å². The van der Waals surface area contributed by atoms with Gasteiger partial charge in [-0.15, -0.1) is 0 Å². The molecule has 17 heavy (non-hydrogen) atoms. The molecule has 0 fully saturated rings. The van der Waals surface area contributed by atoms with Crippen LogP contribution in [0.5, 0.6) is 5.75 Å². The smallest absolute Gasteiger partial charge is 0.264 e. The van der Waals surface area contributed by atoms with E-state index in [1.165, 1.54) is 12.1 Å². The van der Waals surface area contributed by atoms with Crippen LogP contribution >= 0.6 is 0 Å². The van der Waals surface area contributed by atoms with E-state index < -0.39 is 5.82 Å². The van der Waals surface area contributed by atoms with Gasteiger partial charge in [0.05, 0.1) is 6.61 Å². The van der Waals surface area contributed by atoms with Crippen LogP contribution in [0.25, 0.3) is 0 Å². The normalized spacial score (nSPS) is 10.5. The summed E-state index contributed by atoms with van der Waals surface area (Å²) in [4.78, 5) is 3.92. The molecule has 0 bridgehead atoms. The van der Waals surface area contributed by atoms with Gasteiger partial charge in [0, 0.05) is 0 Å². The van der Waals surface area contributed by atoms with Gasteiger partial charge in [-0.05, 0) is 24.6 Å². The maximum absolute atomic E-state index is 13.4. The van der Waals surface area contributed by atoms with Gasteiger partial charge >= 0.3 is 0 Å². The first kappa shape index (κ1) is 11.5. The molecular formula is C11H11FN2O3. The number of hydrogen-bond acceptors (Lipinski definition) is 5. The molecule has 0 amide bonds. The first-order valence-electron chi connectivity index (χ1n) is 5.00. The molecule has 1 N–H and O–H groups in total. The van der Waals surface area contributed by atoms with Crippen LogP contribution in [0.1, 0.15) is 17.3 Å². The van der Waals surface area contributed by atoms with Crippen LogP contribution in [-0.2, 0) is 13.2 Å². The van der Waals surface area contributed by atoms with Gasteiger partial charge in [0.25, 0.3) is 5.89 Å². The van der Waals surface area contributed by atoms with Crippen molar-refractivity contribution in [2.45, 2.75) is 20.1 Å². The fraction of sp³-hybridized carbons (Fsp3) is 0.273. The van der Waals surface area contributed by atoms with Crippen molar-refractivity contribution in [1.82, 2.24) is 10.1 Å². The van der Waals surface area contributed by atoms with E-state index in [-0.39, 0.29) is 24.9 Å². The summed E-state index contributed by atoms with van der Waals surface area (Å²) < 4.78 is 23.4. The predicted molar refractivity (Wildman–Crippen MR) is 55.7 cm³/mol. The Labute approximate surface area is 96.8 Å². The maximum Gasteiger partial charge on any atom is 0.264 e. The minimum Gasteiger partial charge on any atom is -0.481 e. The molecule has 2 aromatic rings. The van der Waals surface area contributed by atoms with E-state index in [1.807, 2.05) is 0 Å². The van der Waals surface area contributed by atoms with Gasteiger partial charge in [0.1, 0.15) is 0 Å². The molecule has 1 heterocycles. The summed E-state index contributed by atoms with van der Waals surface area (Å²) in [7, 11) is 0. The summed E-state index contributed by atoms with van der Waals surface area (Å²) in [6, 6.07) is 4.25. The van der Waals surface area contributed by atoms with Crippen LogP contribution in [0, 0.1) is 12.7 Å². The van der Waals surface area contributed by atoms with Gasteiger partial charge in [0.2, 0.25) is 0 Å². The highest BCUT2D eigenvalue weighted by Crippen LogP contribution is 2.19. The lowest BCUT2D eigenvalue weighted by molar-refractivity contribution is 0.233. The average molecular weight is 238 g/mol. The van der Waals surface area contributed by atoms with E-state index in [4.69, 9.17) is 14.4 Å². The molecule has 0 atom stereocenters. The van der Waals surface area contributed by atoms with Gasteiger partial charge in [0.15, 0.2) is 24.0 Å². The maximum atomic E-state index is 13.4. The van der Waals surface area contributed by atoms with Crippen molar-refractivity contribution in [3.8, 4) is 5.75 Å². The first-order chi connectivity index (χ1) is 8.19. The third kappa shape index (κ3) is 2.79. The number of aliphatic hydroxyl groups excluding tert-OH is 1. The third-order valence-corrected chi connectivity index (χ3v) is 2.10. The number of hydrogen-bond donors (Lipinski definition) is 1. The Kier molecular flexibility index (Phi) is 3.34. The molecule has 6 heteroatoms. The monoisotopic (exact) mass is 238 g/mol. The number of rotatable bonds is 4. The highest BCUT2D eigenvalue weighted by molar-refractivity contribution is 5.28. The Morgan fingerprint density at radius 1 is 1.47 bits per heavy atom. The molecule has 0 saturated heterocycles. The SMILES string of the molecule is Cc1noc(COc2ccc(CO)cc2F)n1. The number of aryl methyl sites for hydroxylation is 1. The number of halogens is 1. The lowest BCUT2D eigenvalue weighted by Gasteiger charge is -2.05. The van der Waals surface area contributed by atoms with Crippen LogP contribution in [0.3, 0.4) is 0 Å². The molecule has 0 unspecified atom stereocenters. The Bertz CT molecular complexity index is 513. The third-order valence-electron chi connectivity index (χ3n) is 2.10. The Morgan fingerprint density at radius 3 is 2.88 bits per heavy atom. The highest BCUT2D eigenvalue weighted by atomic mass is 19.1. The predicted octanol–water partition coefficient (Wildman–Crippen LogP) is 1.59. The standard InChI is InChI=1S/C11H11FN2O3/c1-7-13-11(17-14-7)6-16-10-3-2-8(5-15)4-9(10)12/h2-4,15H,5-6H2,1H3. The van der Waals surface area contributed by atoms with Gasteiger partial charge in [-0.2, -0.15) is 4.98 Å². The van der Waals surface area contributed by atoms with Gasteiger partial charge < -0.3 is 14.4 Å². The number of aromatic nitrogens is 2. The average Bonchev–Trinajstić information content (AvgIpc) is 2.73. The summed E-state index contributed by atoms with van der Waals surface area (Å²) in [5, 5.41) is 12.4. The van der Waals surface area contributed by atoms with Crippen molar-refractivity contribution in [2.75, 3.05) is 0 Å². The zero-order valence-electron chi connectivity index (χ0n) is 9.18. The largest absolute Gasteiger partial charge is 0.481 e. The molecular weight excluding hydrogens is 227 g/mol. The molecule has 0 saturated carbocycles. The summed E-state index contributed by atoms with van der Waals surface area (Å²) >= 11 is 0. The summed E-state index contributed by atoms with van der Waals surface area (Å²) in [6.45, 7) is 1.49. The van der Waals surface area contributed by atoms with Crippen LogP contribution in [-0.4, -0.2) is 15.2 Å². The fourth-order valence-corrected chi connectivity index (χ4v) is 1.30. The van der Waals surface area contributed by atoms with E-state index >= 15 is 0 Å². The van der Waals surface area contributed by atoms with Gasteiger partial charge in [-0.25, -0.2) is 4.39 Å². The Balaban J connectivity index is 2.04. The van der Waals surface area contributed by atoms with Crippen molar-refractivity contribution in [3.63, 3.8) is 0 Å². The van der Waals surface area contributed by atoms with E-state index in [9.17, 15) is 4.39 Å². The molecule has 90 valence electrons. The summed E-state index contributed by atoms with van der Waals surface area (Å²) in [5.74, 6) is 0.332. The number of aliphatic hydroxyl groups is 1. The molecule has 2 rings (SSSR count). The topological polar surface area (TPSA) is 68.4 Å². The van der Waals surface area contributed by atoms with Crippen molar-refractivity contribution in [3.05, 3.63) is 41.3 Å². The Hall–Kier alpha value is -1.95. The first-order valence-corrected chi connectivity index (χ1v) is 5.00. The second kappa shape index (κ2) is 4.92. The fourth-order valence-electron chi connectivity index (χ4n) is 1.30. The quantitative estimate of drug-likeness (QED) is 0.875. The van der Waals surface area contributed by atoms with Crippen LogP contribution in [0.15, 0.2) is 22.7 Å². The van der Waals surface area contributed by atoms with Crippen molar-refractivity contribution >= 4 is 0 Å². The number of nitrogens with zero attached hydrogens (tertiary/aromatic N) is 2. The number of benzene rings is 1. The highest BCUT2D eigenvalue weighted by Gasteiger charge is 2.07. The summed E-state index contributed by atoms with van der Waals surface area (Å²) in [6.07, 6.45) is 0. The molecule has 0 aliphatic heterocycles. The van der Waals surface area contributed by atoms with Crippen LogP contribution < -0.4 is 4.74 Å². The molecule has 0 spiro atoms. The second-order valence-electron chi connectivity index (χ2n) is 3.45. The van der Waals surface area contributed by atoms with Crippen LogP contribution in [0.4, 0.5) is 4.39 Å². The molecule has 1 aromatic carbocycles. The summed E-state index contributed by atoms with van der Waals surface area (Å²) in [5.41, 5.74) is 0.489. The number of ether oxygens (including phenoxy) is 1. The molecule has 1 aromatic heterocycles. The van der Waals surface area contributed by atoms with Gasteiger partial charge in [-0.1, -0.05) is 11.2 Å². The minimum atomic E-state index is -0.534. The minimum absolute atomic E-state index is 0.0102. The zero-order chi connectivity index (χ0) is 12.3. The lowest BCUT2D eigenvalue weighted by atomic mass is 10.2. The van der Waals surface area contributed by atoms with E-state index in [0.717, 1.165) is 0 Å². The Morgan fingerprint density at radius 2 is 2.29 bits per heavy atom. The van der Waals surface area contributed by atoms with Crippen molar-refractivity contribution in [2.24, 2.45) is 0 Å². The molecule has 5 nitrogen and oxygen atoms in total. The van der Waals surface area contributed by atoms with Crippen LogP contribution in [0.2, 0.25) is 0 Å². The van der Waals surface area contributed by atoms with Crippen molar-refractivity contribution < 1.29 is 18.8 Å². The van der Waals surface area contributed by atoms with Crippen molar-refractivity contribution in [1.29, 1.82) is 0 Å². The molecule has 0 aliphatic carbocycles. The van der Waals surface area contributed by atoms with E-state index in [0.29, 0.717) is 11.4 Å². The zero-order valence-corrected chi connectivity index (χ0v) is 9.18. The lowest BCUT2D eigenvalue weighted by Crippen LogP contribution is -1.98. The van der Waals surface area contributed by atoms with E-state index in [2.05, 4.69) is 10.1 Å².